The van der Waals surface area contributed by atoms with Gasteiger partial charge in [-0.3, -0.25) is 4.90 Å². The molecule has 0 aliphatic carbocycles. The van der Waals surface area contributed by atoms with Crippen molar-refractivity contribution in [2.75, 3.05) is 19.8 Å². The minimum Gasteiger partial charge on any atom is -0.389 e. The summed E-state index contributed by atoms with van der Waals surface area (Å²) < 4.78 is 12.1. The van der Waals surface area contributed by atoms with E-state index in [0.717, 1.165) is 6.54 Å². The quantitative estimate of drug-likeness (QED) is 0.723. The highest BCUT2D eigenvalue weighted by Gasteiger charge is 2.28. The number of rotatable bonds is 4. The molecule has 1 fully saturated rings. The fourth-order valence-corrected chi connectivity index (χ4v) is 2.15. The molecule has 1 aliphatic rings. The molecule has 78 valence electrons. The van der Waals surface area contributed by atoms with Crippen LogP contribution in [0.3, 0.4) is 0 Å². The zero-order valence-corrected chi connectivity index (χ0v) is 8.54. The normalized spacial score (nSPS) is 27.0. The van der Waals surface area contributed by atoms with Crippen LogP contribution in [0, 0.1) is 5.92 Å². The van der Waals surface area contributed by atoms with E-state index in [0.29, 0.717) is 18.5 Å². The maximum atomic E-state index is 12.1. The molecular formula is C10H20FNO. The van der Waals surface area contributed by atoms with Crippen molar-refractivity contribution in [1.82, 2.24) is 4.90 Å². The Bertz CT molecular complexity index is 152. The van der Waals surface area contributed by atoms with Crippen LogP contribution in [0.2, 0.25) is 0 Å². The molecule has 3 heteroatoms. The third-order valence-electron chi connectivity index (χ3n) is 2.81. The van der Waals surface area contributed by atoms with Gasteiger partial charge in [0.15, 0.2) is 0 Å². The molecule has 0 aromatic carbocycles. The molecule has 0 bridgehead atoms. The number of halogens is 1. The number of likely N-dealkylation sites (tertiary alicyclic amines) is 1. The summed E-state index contributed by atoms with van der Waals surface area (Å²) >= 11 is 0. The monoisotopic (exact) mass is 189 g/mol. The second-order valence-corrected chi connectivity index (χ2v) is 4.26. The maximum absolute atomic E-state index is 12.1. The molecule has 1 rings (SSSR count). The van der Waals surface area contributed by atoms with Gasteiger partial charge in [-0.2, -0.15) is 0 Å². The van der Waals surface area contributed by atoms with Gasteiger partial charge in [0.1, 0.15) is 6.67 Å². The van der Waals surface area contributed by atoms with Crippen molar-refractivity contribution in [3.63, 3.8) is 0 Å². The Kier molecular flexibility index (Phi) is 4.13. The van der Waals surface area contributed by atoms with Gasteiger partial charge in [-0.15, -0.1) is 0 Å². The van der Waals surface area contributed by atoms with Crippen LogP contribution in [0.5, 0.6) is 0 Å². The Balaban J connectivity index is 2.39. The molecule has 1 N–H and O–H groups in total. The maximum Gasteiger partial charge on any atom is 0.117 e. The Labute approximate surface area is 79.7 Å². The van der Waals surface area contributed by atoms with E-state index in [1.54, 1.807) is 0 Å². The number of β-amino-alcohol motifs (C(OH)–C–C–N with tert-alkyl or cyclic N) is 1. The van der Waals surface area contributed by atoms with E-state index in [4.69, 9.17) is 0 Å². The average Bonchev–Trinajstić information content (AvgIpc) is 2.52. The standard InChI is InChI=1S/C10H20FNO/c1-8(2)10-4-3-5-12(10)7-9(13)6-11/h8-10,13H,3-7H2,1-2H3. The van der Waals surface area contributed by atoms with Gasteiger partial charge in [-0.25, -0.2) is 4.39 Å². The highest BCUT2D eigenvalue weighted by atomic mass is 19.1. The molecule has 2 atom stereocenters. The van der Waals surface area contributed by atoms with Crippen molar-refractivity contribution in [3.05, 3.63) is 0 Å². The number of aliphatic hydroxyl groups excluding tert-OH is 1. The van der Waals surface area contributed by atoms with Gasteiger partial charge in [-0.1, -0.05) is 13.8 Å². The van der Waals surface area contributed by atoms with Gasteiger partial charge in [0, 0.05) is 12.6 Å². The molecule has 1 heterocycles. The van der Waals surface area contributed by atoms with Crippen LogP contribution in [0.1, 0.15) is 26.7 Å². The third-order valence-corrected chi connectivity index (χ3v) is 2.81. The Morgan fingerprint density at radius 1 is 1.54 bits per heavy atom. The minimum absolute atomic E-state index is 0.499. The molecule has 0 aromatic heterocycles. The highest BCUT2D eigenvalue weighted by molar-refractivity contribution is 4.82. The van der Waals surface area contributed by atoms with Crippen LogP contribution in [0.25, 0.3) is 0 Å². The molecular weight excluding hydrogens is 169 g/mol. The van der Waals surface area contributed by atoms with Crippen molar-refractivity contribution < 1.29 is 9.50 Å². The fourth-order valence-electron chi connectivity index (χ4n) is 2.15. The predicted molar refractivity (Wildman–Crippen MR) is 51.4 cm³/mol. The lowest BCUT2D eigenvalue weighted by molar-refractivity contribution is 0.0752. The number of nitrogens with zero attached hydrogens (tertiary/aromatic N) is 1. The van der Waals surface area contributed by atoms with Crippen LogP contribution >= 0.6 is 0 Å². The van der Waals surface area contributed by atoms with Gasteiger partial charge in [0.05, 0.1) is 6.10 Å². The van der Waals surface area contributed by atoms with Crippen molar-refractivity contribution in [2.24, 2.45) is 5.92 Å². The first kappa shape index (κ1) is 10.9. The summed E-state index contributed by atoms with van der Waals surface area (Å²) in [5, 5.41) is 9.20. The van der Waals surface area contributed by atoms with E-state index in [2.05, 4.69) is 18.7 Å². The molecule has 13 heavy (non-hydrogen) atoms. The van der Waals surface area contributed by atoms with Crippen LogP contribution in [-0.2, 0) is 0 Å². The van der Waals surface area contributed by atoms with E-state index >= 15 is 0 Å². The largest absolute Gasteiger partial charge is 0.389 e. The first-order valence-electron chi connectivity index (χ1n) is 5.13. The average molecular weight is 189 g/mol. The zero-order chi connectivity index (χ0) is 9.84. The molecule has 0 spiro atoms. The molecule has 0 saturated carbocycles. The Morgan fingerprint density at radius 3 is 2.77 bits per heavy atom. The van der Waals surface area contributed by atoms with Crippen LogP contribution in [-0.4, -0.2) is 41.9 Å². The summed E-state index contributed by atoms with van der Waals surface area (Å²) in [5.74, 6) is 0.606. The molecule has 0 amide bonds. The molecule has 1 saturated heterocycles. The summed E-state index contributed by atoms with van der Waals surface area (Å²) in [7, 11) is 0. The molecule has 2 nitrogen and oxygen atoms in total. The van der Waals surface area contributed by atoms with E-state index in [1.165, 1.54) is 12.8 Å². The second kappa shape index (κ2) is 4.91. The Morgan fingerprint density at radius 2 is 2.23 bits per heavy atom. The van der Waals surface area contributed by atoms with Crippen LogP contribution < -0.4 is 0 Å². The smallest absolute Gasteiger partial charge is 0.117 e. The van der Waals surface area contributed by atoms with Gasteiger partial charge in [0.25, 0.3) is 0 Å². The van der Waals surface area contributed by atoms with E-state index in [1.807, 2.05) is 0 Å². The van der Waals surface area contributed by atoms with Crippen molar-refractivity contribution >= 4 is 0 Å². The lowest BCUT2D eigenvalue weighted by Crippen LogP contribution is -2.39. The van der Waals surface area contributed by atoms with Gasteiger partial charge >= 0.3 is 0 Å². The molecule has 0 aromatic rings. The van der Waals surface area contributed by atoms with E-state index in [-0.39, 0.29) is 0 Å². The summed E-state index contributed by atoms with van der Waals surface area (Å²) in [6.45, 7) is 5.26. The second-order valence-electron chi connectivity index (χ2n) is 4.26. The SMILES string of the molecule is CC(C)C1CCCN1CC(O)CF. The molecule has 1 aliphatic heterocycles. The van der Waals surface area contributed by atoms with Crippen molar-refractivity contribution in [1.29, 1.82) is 0 Å². The number of alkyl halides is 1. The summed E-state index contributed by atoms with van der Waals surface area (Å²) in [6, 6.07) is 0.543. The van der Waals surface area contributed by atoms with E-state index in [9.17, 15) is 9.50 Å². The van der Waals surface area contributed by atoms with E-state index < -0.39 is 12.8 Å². The zero-order valence-electron chi connectivity index (χ0n) is 8.54. The summed E-state index contributed by atoms with van der Waals surface area (Å²) in [4.78, 5) is 2.22. The third kappa shape index (κ3) is 2.92. The summed E-state index contributed by atoms with van der Waals surface area (Å²) in [6.07, 6.45) is 1.58. The van der Waals surface area contributed by atoms with Crippen LogP contribution in [0.15, 0.2) is 0 Å². The number of aliphatic hydroxyl groups is 1. The first-order valence-corrected chi connectivity index (χ1v) is 5.13. The highest BCUT2D eigenvalue weighted by Crippen LogP contribution is 2.23. The minimum atomic E-state index is -0.792. The lowest BCUT2D eigenvalue weighted by Gasteiger charge is -2.28. The van der Waals surface area contributed by atoms with Gasteiger partial charge in [0.2, 0.25) is 0 Å². The molecule has 2 unspecified atom stereocenters. The van der Waals surface area contributed by atoms with Crippen LogP contribution in [0.4, 0.5) is 4.39 Å². The Hall–Kier alpha value is -0.150. The predicted octanol–water partition coefficient (Wildman–Crippen LogP) is 1.44. The lowest BCUT2D eigenvalue weighted by atomic mass is 10.0. The van der Waals surface area contributed by atoms with Gasteiger partial charge < -0.3 is 5.11 Å². The van der Waals surface area contributed by atoms with Crippen molar-refractivity contribution in [3.8, 4) is 0 Å². The fraction of sp³-hybridized carbons (Fsp3) is 1.00. The number of hydrogen-bond donors (Lipinski definition) is 1. The first-order chi connectivity index (χ1) is 6.15. The summed E-state index contributed by atoms with van der Waals surface area (Å²) in [5.41, 5.74) is 0. The van der Waals surface area contributed by atoms with Crippen molar-refractivity contribution in [2.45, 2.75) is 38.8 Å². The topological polar surface area (TPSA) is 23.5 Å². The van der Waals surface area contributed by atoms with Gasteiger partial charge in [-0.05, 0) is 25.3 Å². The molecule has 0 radical (unpaired) electrons. The number of hydrogen-bond acceptors (Lipinski definition) is 2.